The predicted octanol–water partition coefficient (Wildman–Crippen LogP) is 2.94. The molecular weight excluding hydrogens is 344 g/mol. The van der Waals surface area contributed by atoms with Crippen molar-refractivity contribution >= 4 is 17.6 Å². The second-order valence-corrected chi connectivity index (χ2v) is 8.60. The van der Waals surface area contributed by atoms with Gasteiger partial charge in [0.15, 0.2) is 0 Å². The van der Waals surface area contributed by atoms with Gasteiger partial charge in [0.2, 0.25) is 5.91 Å². The predicted molar refractivity (Wildman–Crippen MR) is 102 cm³/mol. The maximum atomic E-state index is 12.8. The molecule has 0 saturated carbocycles. The largest absolute Gasteiger partial charge is 0.444 e. The number of hydrogen-bond acceptors (Lipinski definition) is 4. The second-order valence-electron chi connectivity index (χ2n) is 8.60. The summed E-state index contributed by atoms with van der Waals surface area (Å²) in [6.45, 7) is 10.3. The molecule has 2 aromatic rings. The summed E-state index contributed by atoms with van der Waals surface area (Å²) in [6.07, 6.45) is 4.00. The minimum atomic E-state index is -0.586. The average molecular weight is 372 g/mol. The molecule has 0 aliphatic carbocycles. The van der Waals surface area contributed by atoms with E-state index in [2.05, 4.69) is 10.3 Å². The number of likely N-dealkylation sites (tertiary alicyclic amines) is 1. The van der Waals surface area contributed by atoms with Crippen LogP contribution in [0.15, 0.2) is 30.6 Å². The Hall–Kier alpha value is -2.57. The van der Waals surface area contributed by atoms with Crippen LogP contribution in [0.3, 0.4) is 0 Å². The number of amides is 2. The first-order chi connectivity index (χ1) is 12.6. The maximum absolute atomic E-state index is 12.8. The topological polar surface area (TPSA) is 75.9 Å². The van der Waals surface area contributed by atoms with Gasteiger partial charge >= 0.3 is 6.09 Å². The molecule has 2 amide bonds. The number of nitrogens with one attached hydrogen (secondary N) is 1. The van der Waals surface area contributed by atoms with E-state index in [0.29, 0.717) is 19.5 Å². The molecule has 1 fully saturated rings. The molecule has 1 saturated heterocycles. The Morgan fingerprint density at radius 2 is 1.96 bits per heavy atom. The first-order valence-corrected chi connectivity index (χ1v) is 9.29. The van der Waals surface area contributed by atoms with Crippen LogP contribution in [0.5, 0.6) is 0 Å². The molecule has 1 aliphatic rings. The summed E-state index contributed by atoms with van der Waals surface area (Å²) in [5, 5.41) is 3.12. The smallest absolute Gasteiger partial charge is 0.410 e. The maximum Gasteiger partial charge on any atom is 0.410 e. The number of pyridine rings is 1. The van der Waals surface area contributed by atoms with Crippen LogP contribution in [-0.4, -0.2) is 45.0 Å². The van der Waals surface area contributed by atoms with Gasteiger partial charge in [-0.2, -0.15) is 0 Å². The van der Waals surface area contributed by atoms with Crippen LogP contribution in [0.25, 0.3) is 5.65 Å². The number of rotatable bonds is 3. The summed E-state index contributed by atoms with van der Waals surface area (Å²) in [7, 11) is 0. The van der Waals surface area contributed by atoms with E-state index in [1.54, 1.807) is 11.1 Å². The third-order valence-electron chi connectivity index (χ3n) is 4.70. The molecule has 7 heteroatoms. The molecule has 1 atom stereocenters. The normalized spacial score (nSPS) is 18.0. The van der Waals surface area contributed by atoms with Crippen molar-refractivity contribution in [3.05, 3.63) is 36.3 Å². The molecule has 0 spiro atoms. The zero-order chi connectivity index (χ0) is 19.8. The number of carbonyl (C=O) groups excluding carboxylic acids is 2. The fourth-order valence-corrected chi connectivity index (χ4v) is 3.34. The lowest BCUT2D eigenvalue weighted by Gasteiger charge is -2.28. The number of nitrogens with zero attached hydrogens (tertiary/aromatic N) is 3. The zero-order valence-corrected chi connectivity index (χ0v) is 16.7. The van der Waals surface area contributed by atoms with Crippen molar-refractivity contribution in [2.24, 2.45) is 5.92 Å². The van der Waals surface area contributed by atoms with E-state index in [9.17, 15) is 9.59 Å². The zero-order valence-electron chi connectivity index (χ0n) is 16.7. The molecule has 3 rings (SSSR count). The number of carbonyl (C=O) groups is 2. The Labute approximate surface area is 159 Å². The van der Waals surface area contributed by atoms with Crippen molar-refractivity contribution in [2.45, 2.75) is 52.2 Å². The first kappa shape index (κ1) is 19.2. The van der Waals surface area contributed by atoms with Crippen molar-refractivity contribution in [1.29, 1.82) is 0 Å². The molecule has 7 nitrogen and oxygen atoms in total. The van der Waals surface area contributed by atoms with Crippen LogP contribution in [0.2, 0.25) is 0 Å². The highest BCUT2D eigenvalue weighted by Crippen LogP contribution is 2.24. The summed E-state index contributed by atoms with van der Waals surface area (Å²) in [5.74, 6) is -0.298. The molecule has 3 heterocycles. The first-order valence-electron chi connectivity index (χ1n) is 9.29. The lowest BCUT2D eigenvalue weighted by Crippen LogP contribution is -2.45. The summed E-state index contributed by atoms with van der Waals surface area (Å²) in [5.41, 5.74) is 0.625. The second kappa shape index (κ2) is 6.87. The third kappa shape index (κ3) is 4.23. The number of fused-ring (bicyclic) bond motifs is 1. The van der Waals surface area contributed by atoms with Gasteiger partial charge in [-0.3, -0.25) is 4.79 Å². The van der Waals surface area contributed by atoms with Gasteiger partial charge < -0.3 is 19.4 Å². The Morgan fingerprint density at radius 1 is 1.22 bits per heavy atom. The molecule has 0 bridgehead atoms. The molecular formula is C20H28N4O3. The highest BCUT2D eigenvalue weighted by molar-refractivity contribution is 5.81. The third-order valence-corrected chi connectivity index (χ3v) is 4.70. The monoisotopic (exact) mass is 372 g/mol. The summed E-state index contributed by atoms with van der Waals surface area (Å²) < 4.78 is 7.38. The van der Waals surface area contributed by atoms with Crippen LogP contribution in [-0.2, 0) is 15.1 Å². The highest BCUT2D eigenvalue weighted by Gasteiger charge is 2.36. The van der Waals surface area contributed by atoms with Crippen LogP contribution in [0.1, 0.15) is 46.7 Å². The molecule has 1 aliphatic heterocycles. The Kier molecular flexibility index (Phi) is 4.88. The van der Waals surface area contributed by atoms with E-state index in [-0.39, 0.29) is 17.9 Å². The molecule has 0 aromatic carbocycles. The van der Waals surface area contributed by atoms with E-state index >= 15 is 0 Å². The van der Waals surface area contributed by atoms with Gasteiger partial charge in [0.05, 0.1) is 23.3 Å². The van der Waals surface area contributed by atoms with Gasteiger partial charge in [0.25, 0.3) is 0 Å². The minimum absolute atomic E-state index is 0.0584. The van der Waals surface area contributed by atoms with Crippen LogP contribution < -0.4 is 5.32 Å². The van der Waals surface area contributed by atoms with Crippen molar-refractivity contribution in [3.8, 4) is 0 Å². The van der Waals surface area contributed by atoms with E-state index in [0.717, 1.165) is 11.3 Å². The standard InChI is InChI=1S/C20H28N4O3/c1-19(2,3)27-18(26)23-11-9-14(13-23)17(25)22-20(4,5)15-12-21-16-8-6-7-10-24(15)16/h6-8,10,12,14H,9,11,13H2,1-5H3,(H,22,25)/t14-/m1/s1. The van der Waals surface area contributed by atoms with Gasteiger partial charge in [-0.15, -0.1) is 0 Å². The van der Waals surface area contributed by atoms with E-state index in [1.165, 1.54) is 0 Å². The van der Waals surface area contributed by atoms with Gasteiger partial charge in [0, 0.05) is 19.3 Å². The summed E-state index contributed by atoms with van der Waals surface area (Å²) in [4.78, 5) is 31.0. The molecule has 27 heavy (non-hydrogen) atoms. The van der Waals surface area contributed by atoms with Crippen molar-refractivity contribution < 1.29 is 14.3 Å². The molecule has 1 N–H and O–H groups in total. The van der Waals surface area contributed by atoms with Crippen LogP contribution in [0.4, 0.5) is 4.79 Å². The van der Waals surface area contributed by atoms with Gasteiger partial charge in [-0.25, -0.2) is 9.78 Å². The molecule has 0 radical (unpaired) electrons. The number of hydrogen-bond donors (Lipinski definition) is 1. The molecule has 146 valence electrons. The van der Waals surface area contributed by atoms with E-state index < -0.39 is 11.1 Å². The highest BCUT2D eigenvalue weighted by atomic mass is 16.6. The van der Waals surface area contributed by atoms with Crippen molar-refractivity contribution in [2.75, 3.05) is 13.1 Å². The van der Waals surface area contributed by atoms with Crippen LogP contribution >= 0.6 is 0 Å². The van der Waals surface area contributed by atoms with Crippen molar-refractivity contribution in [3.63, 3.8) is 0 Å². The molecule has 0 unspecified atom stereocenters. The van der Waals surface area contributed by atoms with Gasteiger partial charge in [-0.05, 0) is 53.2 Å². The fraction of sp³-hybridized carbons (Fsp3) is 0.550. The van der Waals surface area contributed by atoms with Gasteiger partial charge in [0.1, 0.15) is 11.2 Å². The summed E-state index contributed by atoms with van der Waals surface area (Å²) >= 11 is 0. The van der Waals surface area contributed by atoms with Gasteiger partial charge in [-0.1, -0.05) is 6.07 Å². The Bertz CT molecular complexity index is 850. The summed E-state index contributed by atoms with van der Waals surface area (Å²) in [6, 6.07) is 5.80. The Morgan fingerprint density at radius 3 is 2.67 bits per heavy atom. The SMILES string of the molecule is CC(C)(C)OC(=O)N1CC[C@@H](C(=O)NC(C)(C)c2cnc3ccccn23)C1. The average Bonchev–Trinajstić information content (AvgIpc) is 3.20. The Balaban J connectivity index is 1.66. The minimum Gasteiger partial charge on any atom is -0.444 e. The lowest BCUT2D eigenvalue weighted by atomic mass is 9.98. The van der Waals surface area contributed by atoms with E-state index in [1.807, 2.05) is 63.4 Å². The fourth-order valence-electron chi connectivity index (χ4n) is 3.34. The lowest BCUT2D eigenvalue weighted by molar-refractivity contribution is -0.126. The number of imidazole rings is 1. The van der Waals surface area contributed by atoms with E-state index in [4.69, 9.17) is 4.74 Å². The van der Waals surface area contributed by atoms with Crippen molar-refractivity contribution in [1.82, 2.24) is 19.6 Å². The number of ether oxygens (including phenoxy) is 1. The van der Waals surface area contributed by atoms with Crippen LogP contribution in [0, 0.1) is 5.92 Å². The molecule has 2 aromatic heterocycles. The number of aromatic nitrogens is 2. The quantitative estimate of drug-likeness (QED) is 0.899.